The Balaban J connectivity index is 1.51. The standard InChI is InChI=1S/C36H41N5O4S2/c1-9-44-20-30-18-28(19-41(37)33-16-22(3)38-26(7)34(33)25(6)29-13-10-21(2)11-14-29)12-15-31(30)32-17-23(4)46-36(32)47(42,43)40-35-24(5)27(8)45-39-35/h10-18H,6,9,19-20,37H2,1-5,7-8H3,(H,39,40). The maximum atomic E-state index is 13.7. The number of benzene rings is 2. The van der Waals surface area contributed by atoms with Crippen molar-refractivity contribution in [3.63, 3.8) is 0 Å². The highest BCUT2D eigenvalue weighted by molar-refractivity contribution is 7.94. The summed E-state index contributed by atoms with van der Waals surface area (Å²) in [5.41, 5.74) is 10.2. The molecule has 47 heavy (non-hydrogen) atoms. The van der Waals surface area contributed by atoms with Gasteiger partial charge in [0.2, 0.25) is 0 Å². The number of anilines is 2. The molecule has 0 saturated heterocycles. The Hall–Kier alpha value is -4.29. The van der Waals surface area contributed by atoms with Crippen molar-refractivity contribution in [3.8, 4) is 11.1 Å². The number of hydrazine groups is 1. The van der Waals surface area contributed by atoms with Gasteiger partial charge in [-0.2, -0.15) is 0 Å². The van der Waals surface area contributed by atoms with Crippen molar-refractivity contribution < 1.29 is 17.7 Å². The molecule has 0 unspecified atom stereocenters. The minimum atomic E-state index is -3.97. The summed E-state index contributed by atoms with van der Waals surface area (Å²) in [6, 6.07) is 18.1. The molecule has 246 valence electrons. The lowest BCUT2D eigenvalue weighted by molar-refractivity contribution is 0.134. The van der Waals surface area contributed by atoms with Gasteiger partial charge >= 0.3 is 0 Å². The van der Waals surface area contributed by atoms with E-state index >= 15 is 0 Å². The van der Waals surface area contributed by atoms with E-state index in [1.165, 1.54) is 16.9 Å². The normalized spacial score (nSPS) is 11.6. The molecule has 0 radical (unpaired) electrons. The van der Waals surface area contributed by atoms with Crippen LogP contribution in [0.15, 0.2) is 69.9 Å². The molecule has 0 fully saturated rings. The third kappa shape index (κ3) is 7.33. The van der Waals surface area contributed by atoms with Gasteiger partial charge in [-0.15, -0.1) is 11.3 Å². The van der Waals surface area contributed by atoms with Crippen LogP contribution < -0.4 is 15.6 Å². The smallest absolute Gasteiger partial charge is 0.273 e. The van der Waals surface area contributed by atoms with Crippen LogP contribution in [0.1, 0.15) is 62.3 Å². The number of nitrogens with two attached hydrogens (primary N) is 1. The average molecular weight is 672 g/mol. The maximum absolute atomic E-state index is 13.7. The largest absolute Gasteiger partial charge is 0.377 e. The van der Waals surface area contributed by atoms with Crippen molar-refractivity contribution in [1.29, 1.82) is 0 Å². The quantitative estimate of drug-likeness (QED) is 0.101. The van der Waals surface area contributed by atoms with E-state index < -0.39 is 10.0 Å². The topological polar surface area (TPSA) is 124 Å². The summed E-state index contributed by atoms with van der Waals surface area (Å²) in [5, 5.41) is 5.61. The van der Waals surface area contributed by atoms with Gasteiger partial charge in [-0.3, -0.25) is 9.71 Å². The Labute approximate surface area is 281 Å². The van der Waals surface area contributed by atoms with E-state index in [0.29, 0.717) is 36.6 Å². The molecule has 2 aromatic carbocycles. The van der Waals surface area contributed by atoms with Crippen LogP contribution in [0.3, 0.4) is 0 Å². The number of hydrogen-bond acceptors (Lipinski definition) is 9. The maximum Gasteiger partial charge on any atom is 0.273 e. The summed E-state index contributed by atoms with van der Waals surface area (Å²) >= 11 is 1.21. The second kappa shape index (κ2) is 13.8. The highest BCUT2D eigenvalue weighted by atomic mass is 32.2. The zero-order valence-corrected chi connectivity index (χ0v) is 29.5. The van der Waals surface area contributed by atoms with Crippen molar-refractivity contribution in [2.24, 2.45) is 5.84 Å². The first-order valence-electron chi connectivity index (χ1n) is 15.3. The van der Waals surface area contributed by atoms with E-state index in [-0.39, 0.29) is 10.0 Å². The van der Waals surface area contributed by atoms with E-state index in [4.69, 9.17) is 20.1 Å². The highest BCUT2D eigenvalue weighted by Gasteiger charge is 2.27. The van der Waals surface area contributed by atoms with Crippen molar-refractivity contribution in [2.45, 2.75) is 65.8 Å². The number of aryl methyl sites for hydroxylation is 5. The second-order valence-corrected chi connectivity index (χ2v) is 14.9. The van der Waals surface area contributed by atoms with Crippen LogP contribution in [0.4, 0.5) is 11.5 Å². The fourth-order valence-corrected chi connectivity index (χ4v) is 8.20. The van der Waals surface area contributed by atoms with Gasteiger partial charge in [0.15, 0.2) is 5.82 Å². The first kappa shape index (κ1) is 34.1. The fraction of sp³-hybridized carbons (Fsp3) is 0.278. The predicted octanol–water partition coefficient (Wildman–Crippen LogP) is 7.93. The van der Waals surface area contributed by atoms with Gasteiger partial charge < -0.3 is 14.3 Å². The second-order valence-electron chi connectivity index (χ2n) is 11.7. The number of ether oxygens (including phenoxy) is 1. The molecule has 0 bridgehead atoms. The zero-order valence-electron chi connectivity index (χ0n) is 27.9. The monoisotopic (exact) mass is 671 g/mol. The number of nitrogens with one attached hydrogen (secondary N) is 1. The third-order valence-corrected chi connectivity index (χ3v) is 11.0. The minimum Gasteiger partial charge on any atom is -0.377 e. The van der Waals surface area contributed by atoms with Gasteiger partial charge in [0, 0.05) is 39.6 Å². The summed E-state index contributed by atoms with van der Waals surface area (Å²) < 4.78 is 41.2. The molecule has 11 heteroatoms. The first-order valence-corrected chi connectivity index (χ1v) is 17.6. The lowest BCUT2D eigenvalue weighted by atomic mass is 9.95. The van der Waals surface area contributed by atoms with Gasteiger partial charge in [0.25, 0.3) is 10.0 Å². The summed E-state index contributed by atoms with van der Waals surface area (Å²) in [7, 11) is -3.97. The number of nitrogens with zero attached hydrogens (tertiary/aromatic N) is 3. The Bertz CT molecular complexity index is 2050. The number of thiophene rings is 1. The van der Waals surface area contributed by atoms with Gasteiger partial charge in [0.1, 0.15) is 9.97 Å². The van der Waals surface area contributed by atoms with Gasteiger partial charge in [0.05, 0.1) is 18.8 Å². The zero-order chi connectivity index (χ0) is 34.0. The minimum absolute atomic E-state index is 0.179. The molecule has 5 aromatic rings. The number of rotatable bonds is 12. The molecular formula is C36H41N5O4S2. The van der Waals surface area contributed by atoms with Gasteiger partial charge in [-0.25, -0.2) is 14.3 Å². The van der Waals surface area contributed by atoms with Crippen LogP contribution in [0.2, 0.25) is 0 Å². The lowest BCUT2D eigenvalue weighted by Gasteiger charge is -2.25. The number of pyridine rings is 1. The summed E-state index contributed by atoms with van der Waals surface area (Å²) in [6.07, 6.45) is 0. The SMILES string of the molecule is C=C(c1ccc(C)cc1)c1c(N(N)Cc2ccc(-c3cc(C)sc3S(=O)(=O)Nc3noc(C)c3C)c(COCC)c2)cc(C)nc1C. The number of sulfonamides is 1. The number of hydrogen-bond donors (Lipinski definition) is 2. The van der Waals surface area contributed by atoms with E-state index in [1.54, 1.807) is 18.9 Å². The van der Waals surface area contributed by atoms with Crippen molar-refractivity contribution in [1.82, 2.24) is 10.1 Å². The van der Waals surface area contributed by atoms with Crippen LogP contribution in [0.5, 0.6) is 0 Å². The molecule has 0 amide bonds. The van der Waals surface area contributed by atoms with Crippen molar-refractivity contribution in [3.05, 3.63) is 117 Å². The third-order valence-electron chi connectivity index (χ3n) is 8.05. The Morgan fingerprint density at radius 2 is 1.74 bits per heavy atom. The average Bonchev–Trinajstić information content (AvgIpc) is 3.57. The van der Waals surface area contributed by atoms with Crippen LogP contribution >= 0.6 is 11.3 Å². The van der Waals surface area contributed by atoms with E-state index in [2.05, 4.69) is 47.6 Å². The lowest BCUT2D eigenvalue weighted by Crippen LogP contribution is -2.31. The molecule has 3 aromatic heterocycles. The molecule has 0 atom stereocenters. The van der Waals surface area contributed by atoms with Gasteiger partial charge in [-0.1, -0.05) is 59.8 Å². The molecule has 0 aliphatic heterocycles. The highest BCUT2D eigenvalue weighted by Crippen LogP contribution is 2.39. The van der Waals surface area contributed by atoms with Crippen molar-refractivity contribution >= 4 is 38.4 Å². The molecule has 3 N–H and O–H groups in total. The summed E-state index contributed by atoms with van der Waals surface area (Å²) in [6.45, 7) is 18.9. The van der Waals surface area contributed by atoms with E-state index in [9.17, 15) is 8.42 Å². The van der Waals surface area contributed by atoms with Crippen LogP contribution in [-0.2, 0) is 27.9 Å². The molecule has 0 aliphatic carbocycles. The van der Waals surface area contributed by atoms with Crippen molar-refractivity contribution in [2.75, 3.05) is 16.3 Å². The van der Waals surface area contributed by atoms with Crippen LogP contribution in [0, 0.1) is 41.5 Å². The Kier molecular flexibility index (Phi) is 10.0. The molecule has 5 rings (SSSR count). The Morgan fingerprint density at radius 3 is 2.40 bits per heavy atom. The fourth-order valence-electron chi connectivity index (χ4n) is 5.49. The van der Waals surface area contributed by atoms with E-state index in [0.717, 1.165) is 55.3 Å². The van der Waals surface area contributed by atoms with E-state index in [1.807, 2.05) is 58.0 Å². The molecule has 0 aliphatic rings. The van der Waals surface area contributed by atoms with Gasteiger partial charge in [-0.05, 0) is 88.4 Å². The van der Waals surface area contributed by atoms with Crippen LogP contribution in [0.25, 0.3) is 16.7 Å². The Morgan fingerprint density at radius 1 is 1.02 bits per heavy atom. The first-order chi connectivity index (χ1) is 22.3. The molecule has 9 nitrogen and oxygen atoms in total. The van der Waals surface area contributed by atoms with Crippen LogP contribution in [-0.4, -0.2) is 25.2 Å². The summed E-state index contributed by atoms with van der Waals surface area (Å²) in [5.74, 6) is 7.54. The molecule has 0 saturated carbocycles. The number of aromatic nitrogens is 2. The molecule has 0 spiro atoms. The summed E-state index contributed by atoms with van der Waals surface area (Å²) in [4.78, 5) is 5.58. The predicted molar refractivity (Wildman–Crippen MR) is 190 cm³/mol. The molecular weight excluding hydrogens is 631 g/mol. The molecule has 3 heterocycles.